The molecule has 2 heteroatoms. The molecule has 0 aromatic carbocycles. The maximum absolute atomic E-state index is 4.19. The van der Waals surface area contributed by atoms with Crippen LogP contribution < -0.4 is 0 Å². The van der Waals surface area contributed by atoms with Crippen LogP contribution in [0, 0.1) is 0 Å². The highest BCUT2D eigenvalue weighted by molar-refractivity contribution is 7.80. The van der Waals surface area contributed by atoms with E-state index in [2.05, 4.69) is 31.4 Å². The molecule has 0 aromatic heterocycles. The van der Waals surface area contributed by atoms with Crippen LogP contribution in [0.5, 0.6) is 0 Å². The Morgan fingerprint density at radius 1 is 0.917 bits per heavy atom. The van der Waals surface area contributed by atoms with Crippen molar-refractivity contribution < 1.29 is 0 Å². The second-order valence-corrected chi connectivity index (χ2v) is 3.61. The van der Waals surface area contributed by atoms with Crippen LogP contribution in [0.2, 0.25) is 0 Å². The third-order valence-electron chi connectivity index (χ3n) is 2.28. The molecular formula is C10H23NS. The number of hydrogen-bond acceptors (Lipinski definition) is 2. The molecule has 1 nitrogen and oxygen atoms in total. The second-order valence-electron chi connectivity index (χ2n) is 3.16. The van der Waals surface area contributed by atoms with Gasteiger partial charge in [-0.15, -0.1) is 0 Å². The minimum Gasteiger partial charge on any atom is -0.304 e. The zero-order chi connectivity index (χ0) is 9.23. The van der Waals surface area contributed by atoms with Crippen LogP contribution in [0.4, 0.5) is 0 Å². The summed E-state index contributed by atoms with van der Waals surface area (Å²) in [7, 11) is 0. The van der Waals surface area contributed by atoms with Gasteiger partial charge in [-0.1, -0.05) is 26.7 Å². The average molecular weight is 189 g/mol. The first kappa shape index (κ1) is 12.3. The number of unbranched alkanes of at least 4 members (excludes halogenated alkanes) is 3. The molecule has 0 fully saturated rings. The van der Waals surface area contributed by atoms with E-state index < -0.39 is 0 Å². The first-order chi connectivity index (χ1) is 5.85. The van der Waals surface area contributed by atoms with Crippen molar-refractivity contribution in [1.29, 1.82) is 0 Å². The van der Waals surface area contributed by atoms with E-state index in [1.807, 2.05) is 0 Å². The van der Waals surface area contributed by atoms with E-state index in [-0.39, 0.29) is 0 Å². The molecule has 12 heavy (non-hydrogen) atoms. The fourth-order valence-electron chi connectivity index (χ4n) is 1.34. The van der Waals surface area contributed by atoms with Gasteiger partial charge in [0, 0.05) is 0 Å². The van der Waals surface area contributed by atoms with E-state index in [1.54, 1.807) is 0 Å². The van der Waals surface area contributed by atoms with Gasteiger partial charge in [0.15, 0.2) is 0 Å². The summed E-state index contributed by atoms with van der Waals surface area (Å²) in [4.78, 5) is 2.49. The van der Waals surface area contributed by atoms with Crippen molar-refractivity contribution in [2.24, 2.45) is 0 Å². The van der Waals surface area contributed by atoms with Gasteiger partial charge in [0.2, 0.25) is 0 Å². The molecule has 0 atom stereocenters. The zero-order valence-corrected chi connectivity index (χ0v) is 9.45. The van der Waals surface area contributed by atoms with Crippen molar-refractivity contribution in [3.8, 4) is 0 Å². The Morgan fingerprint density at radius 3 is 2.00 bits per heavy atom. The van der Waals surface area contributed by atoms with Crippen molar-refractivity contribution >= 4 is 12.6 Å². The van der Waals surface area contributed by atoms with Crippen LogP contribution >= 0.6 is 12.6 Å². The summed E-state index contributed by atoms with van der Waals surface area (Å²) in [5.41, 5.74) is 0. The minimum absolute atomic E-state index is 1.05. The summed E-state index contributed by atoms with van der Waals surface area (Å²) < 4.78 is 0. The highest BCUT2D eigenvalue weighted by Gasteiger charge is 1.97. The molecule has 0 bridgehead atoms. The predicted octanol–water partition coefficient (Wildman–Crippen LogP) is 2.82. The maximum atomic E-state index is 4.19. The average Bonchev–Trinajstić information content (AvgIpc) is 2.11. The van der Waals surface area contributed by atoms with Gasteiger partial charge < -0.3 is 4.90 Å². The predicted molar refractivity (Wildman–Crippen MR) is 60.1 cm³/mol. The summed E-state index contributed by atoms with van der Waals surface area (Å²) in [5, 5.41) is 0. The SMILES string of the molecule is CCN(CC)CCCCCCS. The van der Waals surface area contributed by atoms with Gasteiger partial charge in [-0.25, -0.2) is 0 Å². The molecule has 74 valence electrons. The van der Waals surface area contributed by atoms with Gasteiger partial charge in [0.1, 0.15) is 0 Å². The maximum Gasteiger partial charge on any atom is -0.00190 e. The normalized spacial score (nSPS) is 11.0. The van der Waals surface area contributed by atoms with Gasteiger partial charge in [-0.2, -0.15) is 12.6 Å². The first-order valence-electron chi connectivity index (χ1n) is 5.18. The van der Waals surface area contributed by atoms with Gasteiger partial charge in [0.25, 0.3) is 0 Å². The molecule has 0 unspecified atom stereocenters. The highest BCUT2D eigenvalue weighted by Crippen LogP contribution is 2.02. The topological polar surface area (TPSA) is 3.24 Å². The molecule has 0 N–H and O–H groups in total. The summed E-state index contributed by atoms with van der Waals surface area (Å²) in [6.07, 6.45) is 5.36. The summed E-state index contributed by atoms with van der Waals surface area (Å²) in [6, 6.07) is 0. The first-order valence-corrected chi connectivity index (χ1v) is 5.81. The number of thiol groups is 1. The monoisotopic (exact) mass is 189 g/mol. The smallest absolute Gasteiger partial charge is 0.00190 e. The molecule has 0 aliphatic rings. The Morgan fingerprint density at radius 2 is 1.50 bits per heavy atom. The van der Waals surface area contributed by atoms with Crippen LogP contribution in [-0.4, -0.2) is 30.3 Å². The molecule has 0 saturated heterocycles. The van der Waals surface area contributed by atoms with Gasteiger partial charge in [-0.05, 0) is 38.2 Å². The Kier molecular flexibility index (Phi) is 9.64. The largest absolute Gasteiger partial charge is 0.304 e. The molecular weight excluding hydrogens is 166 g/mol. The molecule has 0 aromatic rings. The van der Waals surface area contributed by atoms with Crippen molar-refractivity contribution in [1.82, 2.24) is 4.90 Å². The van der Waals surface area contributed by atoms with E-state index in [0.717, 1.165) is 5.75 Å². The number of nitrogens with zero attached hydrogens (tertiary/aromatic N) is 1. The third-order valence-corrected chi connectivity index (χ3v) is 2.59. The molecule has 0 amide bonds. The van der Waals surface area contributed by atoms with Gasteiger partial charge in [-0.3, -0.25) is 0 Å². The van der Waals surface area contributed by atoms with Crippen molar-refractivity contribution in [2.45, 2.75) is 39.5 Å². The lowest BCUT2D eigenvalue weighted by molar-refractivity contribution is 0.296. The van der Waals surface area contributed by atoms with Crippen molar-refractivity contribution in [3.05, 3.63) is 0 Å². The van der Waals surface area contributed by atoms with Gasteiger partial charge in [0.05, 0.1) is 0 Å². The molecule has 0 aliphatic heterocycles. The van der Waals surface area contributed by atoms with Crippen LogP contribution in [0.1, 0.15) is 39.5 Å². The molecule has 0 saturated carbocycles. The number of hydrogen-bond donors (Lipinski definition) is 1. The fourth-order valence-corrected chi connectivity index (χ4v) is 1.56. The fraction of sp³-hybridized carbons (Fsp3) is 1.00. The van der Waals surface area contributed by atoms with Crippen LogP contribution in [0.15, 0.2) is 0 Å². The summed E-state index contributed by atoms with van der Waals surface area (Å²) in [5.74, 6) is 1.05. The van der Waals surface area contributed by atoms with Gasteiger partial charge >= 0.3 is 0 Å². The highest BCUT2D eigenvalue weighted by atomic mass is 32.1. The second kappa shape index (κ2) is 9.40. The van der Waals surface area contributed by atoms with Crippen LogP contribution in [0.25, 0.3) is 0 Å². The molecule has 0 rings (SSSR count). The lowest BCUT2D eigenvalue weighted by atomic mass is 10.2. The molecule has 0 radical (unpaired) electrons. The van der Waals surface area contributed by atoms with E-state index in [1.165, 1.54) is 45.3 Å². The van der Waals surface area contributed by atoms with E-state index in [0.29, 0.717) is 0 Å². The third kappa shape index (κ3) is 6.99. The zero-order valence-electron chi connectivity index (χ0n) is 8.55. The molecule has 0 heterocycles. The quantitative estimate of drug-likeness (QED) is 0.454. The lowest BCUT2D eigenvalue weighted by Gasteiger charge is -2.17. The van der Waals surface area contributed by atoms with E-state index >= 15 is 0 Å². The minimum atomic E-state index is 1.05. The van der Waals surface area contributed by atoms with Crippen molar-refractivity contribution in [2.75, 3.05) is 25.4 Å². The van der Waals surface area contributed by atoms with Crippen LogP contribution in [-0.2, 0) is 0 Å². The lowest BCUT2D eigenvalue weighted by Crippen LogP contribution is -2.23. The Labute approximate surface area is 82.9 Å². The number of rotatable bonds is 8. The summed E-state index contributed by atoms with van der Waals surface area (Å²) >= 11 is 4.19. The summed E-state index contributed by atoms with van der Waals surface area (Å²) in [6.45, 7) is 8.14. The van der Waals surface area contributed by atoms with E-state index in [4.69, 9.17) is 0 Å². The Bertz CT molecular complexity index is 81.9. The Hall–Kier alpha value is 0.310. The molecule has 0 aliphatic carbocycles. The molecule has 0 spiro atoms. The van der Waals surface area contributed by atoms with E-state index in [9.17, 15) is 0 Å². The standard InChI is InChI=1S/C10H23NS/c1-3-11(4-2)9-7-5-6-8-10-12/h12H,3-10H2,1-2H3. The Balaban J connectivity index is 3.06. The van der Waals surface area contributed by atoms with Crippen LogP contribution in [0.3, 0.4) is 0 Å². The van der Waals surface area contributed by atoms with Crippen molar-refractivity contribution in [3.63, 3.8) is 0 Å².